The molecule has 9 heteroatoms. The number of halogens is 3. The van der Waals surface area contributed by atoms with Crippen molar-refractivity contribution in [3.05, 3.63) is 90.0 Å². The maximum absolute atomic E-state index is 13.5. The summed E-state index contributed by atoms with van der Waals surface area (Å²) < 4.78 is 41.7. The molecule has 0 unspecified atom stereocenters. The van der Waals surface area contributed by atoms with Gasteiger partial charge >= 0.3 is 6.36 Å². The van der Waals surface area contributed by atoms with Crippen molar-refractivity contribution in [1.29, 1.82) is 0 Å². The van der Waals surface area contributed by atoms with Gasteiger partial charge in [0, 0.05) is 0 Å². The van der Waals surface area contributed by atoms with Gasteiger partial charge in [-0.2, -0.15) is 0 Å². The van der Waals surface area contributed by atoms with Crippen LogP contribution in [0.1, 0.15) is 17.2 Å². The smallest absolute Gasteiger partial charge is 0.406 e. The summed E-state index contributed by atoms with van der Waals surface area (Å²) in [6, 6.07) is 20.4. The van der Waals surface area contributed by atoms with Gasteiger partial charge in [-0.1, -0.05) is 48.0 Å². The predicted molar refractivity (Wildman–Crippen MR) is 117 cm³/mol. The molecule has 0 aromatic heterocycles. The van der Waals surface area contributed by atoms with Gasteiger partial charge in [0.25, 0.3) is 5.91 Å². The monoisotopic (exact) mass is 468 g/mol. The number of fused-ring (bicyclic) bond motifs is 1. The first-order chi connectivity index (χ1) is 16.2. The van der Waals surface area contributed by atoms with Crippen molar-refractivity contribution >= 4 is 23.2 Å². The third-order valence-corrected chi connectivity index (χ3v) is 5.87. The Morgan fingerprint density at radius 3 is 2.09 bits per heavy atom. The van der Waals surface area contributed by atoms with E-state index < -0.39 is 36.2 Å². The maximum atomic E-state index is 13.5. The van der Waals surface area contributed by atoms with Crippen LogP contribution in [0.5, 0.6) is 5.75 Å². The SMILES string of the molecule is Cc1ccc(N2C(=O)[C@@H]3[C@@H](c4ccc(OC(F)(F)F)cc4)N(c4ccccc4)O[C@H]3C2=O)cc1. The molecule has 0 radical (unpaired) electrons. The maximum Gasteiger partial charge on any atom is 0.573 e. The molecular weight excluding hydrogens is 449 g/mol. The minimum absolute atomic E-state index is 0.381. The van der Waals surface area contributed by atoms with Crippen LogP contribution in [-0.4, -0.2) is 24.3 Å². The van der Waals surface area contributed by atoms with E-state index in [1.807, 2.05) is 13.0 Å². The molecule has 2 fully saturated rings. The zero-order valence-electron chi connectivity index (χ0n) is 17.9. The van der Waals surface area contributed by atoms with E-state index in [4.69, 9.17) is 4.84 Å². The van der Waals surface area contributed by atoms with Gasteiger partial charge in [0.2, 0.25) is 5.91 Å². The first-order valence-electron chi connectivity index (χ1n) is 10.5. The molecule has 3 aromatic carbocycles. The largest absolute Gasteiger partial charge is 0.573 e. The molecule has 5 rings (SSSR count). The molecule has 2 aliphatic heterocycles. The third-order valence-electron chi connectivity index (χ3n) is 5.87. The second-order valence-corrected chi connectivity index (χ2v) is 8.12. The summed E-state index contributed by atoms with van der Waals surface area (Å²) >= 11 is 0. The highest BCUT2D eigenvalue weighted by molar-refractivity contribution is 6.23. The minimum atomic E-state index is -4.82. The van der Waals surface area contributed by atoms with E-state index in [1.165, 1.54) is 29.3 Å². The van der Waals surface area contributed by atoms with Gasteiger partial charge in [-0.15, -0.1) is 13.2 Å². The molecule has 0 aliphatic carbocycles. The fraction of sp³-hybridized carbons (Fsp3) is 0.200. The van der Waals surface area contributed by atoms with Gasteiger partial charge in [-0.25, -0.2) is 9.96 Å². The lowest BCUT2D eigenvalue weighted by Gasteiger charge is -2.29. The number of carbonyl (C=O) groups excluding carboxylic acids is 2. The number of para-hydroxylation sites is 1. The van der Waals surface area contributed by atoms with E-state index in [1.54, 1.807) is 48.5 Å². The van der Waals surface area contributed by atoms with Crippen molar-refractivity contribution < 1.29 is 32.3 Å². The summed E-state index contributed by atoms with van der Waals surface area (Å²) in [6.07, 6.45) is -5.88. The molecule has 2 aliphatic rings. The van der Waals surface area contributed by atoms with Gasteiger partial charge < -0.3 is 4.74 Å². The molecule has 6 nitrogen and oxygen atoms in total. The van der Waals surface area contributed by atoms with E-state index >= 15 is 0 Å². The lowest BCUT2D eigenvalue weighted by molar-refractivity contribution is -0.274. The number of rotatable bonds is 4. The molecule has 174 valence electrons. The number of ether oxygens (including phenoxy) is 1. The lowest BCUT2D eigenvalue weighted by atomic mass is 9.90. The topological polar surface area (TPSA) is 59.1 Å². The van der Waals surface area contributed by atoms with Crippen LogP contribution in [0.2, 0.25) is 0 Å². The molecule has 3 atom stereocenters. The number of benzene rings is 3. The fourth-order valence-electron chi connectivity index (χ4n) is 4.37. The van der Waals surface area contributed by atoms with E-state index in [0.29, 0.717) is 16.9 Å². The molecule has 0 N–H and O–H groups in total. The Morgan fingerprint density at radius 2 is 1.47 bits per heavy atom. The first-order valence-corrected chi connectivity index (χ1v) is 10.5. The summed E-state index contributed by atoms with van der Waals surface area (Å²) in [5.74, 6) is -2.19. The van der Waals surface area contributed by atoms with Gasteiger partial charge in [0.1, 0.15) is 11.7 Å². The van der Waals surface area contributed by atoms with Crippen LogP contribution in [0.25, 0.3) is 0 Å². The molecule has 2 amide bonds. The van der Waals surface area contributed by atoms with Crippen LogP contribution in [0.15, 0.2) is 78.9 Å². The van der Waals surface area contributed by atoms with Gasteiger partial charge in [0.05, 0.1) is 17.4 Å². The number of aryl methyl sites for hydroxylation is 1. The number of anilines is 2. The summed E-state index contributed by atoms with van der Waals surface area (Å²) in [4.78, 5) is 33.9. The van der Waals surface area contributed by atoms with Gasteiger partial charge in [0.15, 0.2) is 6.10 Å². The third kappa shape index (κ3) is 3.88. The average molecular weight is 468 g/mol. The standard InChI is InChI=1S/C25H19F3N2O4/c1-15-7-11-17(12-8-15)29-23(31)20-21(16-9-13-19(14-10-16)33-25(26,27)28)30(34-22(20)24(29)32)18-5-3-2-4-6-18/h2-14,20-22H,1H3/t20-,21-,22-/m1/s1. The zero-order chi connectivity index (χ0) is 24.0. The number of imide groups is 1. The number of amides is 2. The van der Waals surface area contributed by atoms with Crippen molar-refractivity contribution in [2.75, 3.05) is 9.96 Å². The number of hydrogen-bond acceptors (Lipinski definition) is 5. The van der Waals surface area contributed by atoms with E-state index in [-0.39, 0.29) is 5.75 Å². The number of hydroxylamine groups is 1. The van der Waals surface area contributed by atoms with Crippen molar-refractivity contribution in [3.8, 4) is 5.75 Å². The predicted octanol–water partition coefficient (Wildman–Crippen LogP) is 4.94. The fourth-order valence-corrected chi connectivity index (χ4v) is 4.37. The van der Waals surface area contributed by atoms with Crippen LogP contribution in [0, 0.1) is 12.8 Å². The molecule has 3 aromatic rings. The van der Waals surface area contributed by atoms with Crippen molar-refractivity contribution in [1.82, 2.24) is 0 Å². The number of nitrogens with zero attached hydrogens (tertiary/aromatic N) is 2. The second-order valence-electron chi connectivity index (χ2n) is 8.12. The Morgan fingerprint density at radius 1 is 0.824 bits per heavy atom. The zero-order valence-corrected chi connectivity index (χ0v) is 17.9. The summed E-state index contributed by atoms with van der Waals surface area (Å²) in [5.41, 5.74) is 2.55. The molecule has 2 heterocycles. The summed E-state index contributed by atoms with van der Waals surface area (Å²) in [5, 5.41) is 1.48. The minimum Gasteiger partial charge on any atom is -0.406 e. The van der Waals surface area contributed by atoms with Crippen LogP contribution in [-0.2, 0) is 14.4 Å². The molecular formula is C25H19F3N2O4. The second kappa shape index (κ2) is 8.18. The van der Waals surface area contributed by atoms with E-state index in [2.05, 4.69) is 4.74 Å². The number of hydrogen-bond donors (Lipinski definition) is 0. The summed E-state index contributed by atoms with van der Waals surface area (Å²) in [6.45, 7) is 1.90. The van der Waals surface area contributed by atoms with E-state index in [0.717, 1.165) is 10.5 Å². The first kappa shape index (κ1) is 22.0. The van der Waals surface area contributed by atoms with Crippen LogP contribution in [0.4, 0.5) is 24.5 Å². The molecule has 2 saturated heterocycles. The quantitative estimate of drug-likeness (QED) is 0.508. The van der Waals surface area contributed by atoms with Crippen LogP contribution < -0.4 is 14.7 Å². The molecule has 0 bridgehead atoms. The van der Waals surface area contributed by atoms with Crippen molar-refractivity contribution in [2.45, 2.75) is 25.4 Å². The van der Waals surface area contributed by atoms with Gasteiger partial charge in [-0.05, 0) is 48.9 Å². The number of alkyl halides is 3. The molecule has 0 saturated carbocycles. The van der Waals surface area contributed by atoms with Crippen LogP contribution in [0.3, 0.4) is 0 Å². The highest BCUT2D eigenvalue weighted by atomic mass is 19.4. The Hall–Kier alpha value is -3.85. The lowest BCUT2D eigenvalue weighted by Crippen LogP contribution is -2.37. The average Bonchev–Trinajstić information content (AvgIpc) is 3.31. The Kier molecular flexibility index (Phi) is 5.28. The summed E-state index contributed by atoms with van der Waals surface area (Å²) in [7, 11) is 0. The Bertz CT molecular complexity index is 1210. The van der Waals surface area contributed by atoms with Crippen LogP contribution >= 0.6 is 0 Å². The Labute approximate surface area is 193 Å². The molecule has 34 heavy (non-hydrogen) atoms. The highest BCUT2D eigenvalue weighted by Gasteiger charge is 2.60. The van der Waals surface area contributed by atoms with Crippen molar-refractivity contribution in [2.24, 2.45) is 5.92 Å². The normalized spacial score (nSPS) is 22.3. The Balaban J connectivity index is 1.53. The number of carbonyl (C=O) groups is 2. The molecule has 0 spiro atoms. The van der Waals surface area contributed by atoms with Gasteiger partial charge in [-0.3, -0.25) is 14.4 Å². The highest BCUT2D eigenvalue weighted by Crippen LogP contribution is 2.47. The van der Waals surface area contributed by atoms with E-state index in [9.17, 15) is 22.8 Å². The van der Waals surface area contributed by atoms with Crippen molar-refractivity contribution in [3.63, 3.8) is 0 Å².